The quantitative estimate of drug-likeness (QED) is 0.457. The van der Waals surface area contributed by atoms with E-state index in [-0.39, 0.29) is 18.4 Å². The summed E-state index contributed by atoms with van der Waals surface area (Å²) in [6, 6.07) is 27.0. The number of carbonyl (C=O) groups is 2. The summed E-state index contributed by atoms with van der Waals surface area (Å²) in [6.45, 7) is 2.82. The molecular weight excluding hydrogens is 434 g/mol. The fourth-order valence-corrected chi connectivity index (χ4v) is 4.72. The number of amides is 2. The van der Waals surface area contributed by atoms with Gasteiger partial charge in [0.25, 0.3) is 5.91 Å². The predicted molar refractivity (Wildman–Crippen MR) is 130 cm³/mol. The number of carbonyl (C=O) groups excluding carboxylic acids is 2. The summed E-state index contributed by atoms with van der Waals surface area (Å²) in [5.41, 5.74) is 2.23. The summed E-state index contributed by atoms with van der Waals surface area (Å²) in [5.74, 6) is -0.384. The Balaban J connectivity index is 1.55. The lowest BCUT2D eigenvalue weighted by molar-refractivity contribution is -0.133. The number of nitrogens with one attached hydrogen (secondary N) is 1. The van der Waals surface area contributed by atoms with Crippen molar-refractivity contribution >= 4 is 34.3 Å². The highest BCUT2D eigenvalue weighted by Gasteiger charge is 2.47. The molecule has 0 saturated heterocycles. The lowest BCUT2D eigenvalue weighted by atomic mass is 9.93. The number of hydrogen-bond donors (Lipinski definition) is 1. The molecule has 0 fully saturated rings. The van der Waals surface area contributed by atoms with Crippen molar-refractivity contribution in [3.8, 4) is 0 Å². The predicted octanol–water partition coefficient (Wildman–Crippen LogP) is 5.03. The van der Waals surface area contributed by atoms with E-state index in [1.54, 1.807) is 11.0 Å². The number of halogens is 1. The first-order valence-corrected chi connectivity index (χ1v) is 11.3. The Kier molecular flexibility index (Phi) is 5.43. The van der Waals surface area contributed by atoms with Gasteiger partial charge in [0.1, 0.15) is 11.2 Å². The number of para-hydroxylation sites is 1. The maximum atomic E-state index is 13.8. The topological polar surface area (TPSA) is 54.3 Å². The van der Waals surface area contributed by atoms with Crippen molar-refractivity contribution in [2.45, 2.75) is 32.1 Å². The van der Waals surface area contributed by atoms with Crippen molar-refractivity contribution in [2.24, 2.45) is 0 Å². The smallest absolute Gasteiger partial charge is 0.271 e. The number of fused-ring (bicyclic) bond motifs is 3. The van der Waals surface area contributed by atoms with E-state index >= 15 is 0 Å². The van der Waals surface area contributed by atoms with Crippen molar-refractivity contribution in [3.05, 3.63) is 107 Å². The summed E-state index contributed by atoms with van der Waals surface area (Å²) in [5, 5.41) is 4.60. The zero-order valence-corrected chi connectivity index (χ0v) is 19.0. The molecule has 0 bridgehead atoms. The minimum Gasteiger partial charge on any atom is -0.350 e. The molecule has 1 aliphatic heterocycles. The molecule has 1 atom stereocenters. The van der Waals surface area contributed by atoms with Gasteiger partial charge in [0.2, 0.25) is 5.91 Å². The largest absolute Gasteiger partial charge is 0.350 e. The van der Waals surface area contributed by atoms with Gasteiger partial charge in [-0.1, -0.05) is 78.3 Å². The number of aromatic nitrogens is 1. The molecular formula is C27H24ClN3O2. The van der Waals surface area contributed by atoms with Crippen LogP contribution in [0.15, 0.2) is 84.9 Å². The van der Waals surface area contributed by atoms with Gasteiger partial charge >= 0.3 is 0 Å². The van der Waals surface area contributed by atoms with Crippen molar-refractivity contribution in [1.29, 1.82) is 0 Å². The molecule has 5 nitrogen and oxygen atoms in total. The average Bonchev–Trinajstić information content (AvgIpc) is 3.20. The summed E-state index contributed by atoms with van der Waals surface area (Å²) in [7, 11) is 0. The van der Waals surface area contributed by atoms with E-state index in [0.29, 0.717) is 23.8 Å². The van der Waals surface area contributed by atoms with E-state index in [9.17, 15) is 9.59 Å². The van der Waals surface area contributed by atoms with Crippen LogP contribution >= 0.6 is 11.6 Å². The summed E-state index contributed by atoms with van der Waals surface area (Å²) in [4.78, 5) is 29.1. The Bertz CT molecular complexity index is 1350. The van der Waals surface area contributed by atoms with Crippen LogP contribution in [0.1, 0.15) is 28.5 Å². The molecule has 3 aromatic carbocycles. The van der Waals surface area contributed by atoms with Crippen LogP contribution < -0.4 is 5.32 Å². The molecule has 0 spiro atoms. The lowest BCUT2D eigenvalue weighted by Gasteiger charge is -2.44. The Morgan fingerprint density at radius 3 is 2.48 bits per heavy atom. The van der Waals surface area contributed by atoms with Crippen LogP contribution in [0, 0.1) is 0 Å². The summed E-state index contributed by atoms with van der Waals surface area (Å²) < 4.78 is 1.96. The zero-order valence-electron chi connectivity index (χ0n) is 18.3. The molecule has 0 aliphatic carbocycles. The number of nitrogens with zero attached hydrogens (tertiary/aromatic N) is 2. The van der Waals surface area contributed by atoms with Gasteiger partial charge in [-0.05, 0) is 36.2 Å². The first-order valence-electron chi connectivity index (χ1n) is 10.9. The molecule has 5 rings (SSSR count). The van der Waals surface area contributed by atoms with Gasteiger partial charge in [-0.2, -0.15) is 0 Å². The number of rotatable bonds is 5. The second-order valence-corrected chi connectivity index (χ2v) is 9.01. The number of hydrogen-bond acceptors (Lipinski definition) is 2. The Morgan fingerprint density at radius 2 is 1.70 bits per heavy atom. The van der Waals surface area contributed by atoms with E-state index in [1.807, 2.05) is 90.4 Å². The third kappa shape index (κ3) is 3.79. The Labute approximate surface area is 197 Å². The van der Waals surface area contributed by atoms with E-state index in [0.717, 1.165) is 22.0 Å². The van der Waals surface area contributed by atoms with Crippen LogP contribution in [0.25, 0.3) is 10.9 Å². The molecule has 1 aliphatic rings. The fraction of sp³-hybridized carbons (Fsp3) is 0.185. The fourth-order valence-electron chi connectivity index (χ4n) is 4.52. The van der Waals surface area contributed by atoms with Crippen molar-refractivity contribution in [1.82, 2.24) is 14.8 Å². The minimum atomic E-state index is -1.10. The first kappa shape index (κ1) is 21.3. The average molecular weight is 458 g/mol. The summed E-state index contributed by atoms with van der Waals surface area (Å²) >= 11 is 6.43. The number of benzene rings is 3. The van der Waals surface area contributed by atoms with Crippen LogP contribution in [-0.2, 0) is 24.4 Å². The molecule has 0 radical (unpaired) electrons. The SMILES string of the molecule is C[C@@]1(C(=O)NCc2ccccc2)Cn2c(cc3ccccc32)C(=O)N1Cc1ccccc1Cl. The van der Waals surface area contributed by atoms with Crippen molar-refractivity contribution in [3.63, 3.8) is 0 Å². The second-order valence-electron chi connectivity index (χ2n) is 8.60. The highest BCUT2D eigenvalue weighted by Crippen LogP contribution is 2.34. The lowest BCUT2D eigenvalue weighted by Crippen LogP contribution is -2.63. The van der Waals surface area contributed by atoms with Gasteiger partial charge in [-0.3, -0.25) is 9.59 Å². The van der Waals surface area contributed by atoms with Crippen LogP contribution in [-0.4, -0.2) is 26.8 Å². The third-order valence-corrected chi connectivity index (χ3v) is 6.78. The molecule has 0 unspecified atom stereocenters. The Hall–Kier alpha value is -3.57. The third-order valence-electron chi connectivity index (χ3n) is 6.41. The monoisotopic (exact) mass is 457 g/mol. The van der Waals surface area contributed by atoms with Gasteiger partial charge in [0.15, 0.2) is 0 Å². The molecule has 33 heavy (non-hydrogen) atoms. The Morgan fingerprint density at radius 1 is 1.00 bits per heavy atom. The van der Waals surface area contributed by atoms with Gasteiger partial charge < -0.3 is 14.8 Å². The van der Waals surface area contributed by atoms with Crippen LogP contribution in [0.5, 0.6) is 0 Å². The van der Waals surface area contributed by atoms with Gasteiger partial charge in [0, 0.05) is 29.0 Å². The maximum absolute atomic E-state index is 13.8. The second kappa shape index (κ2) is 8.41. The summed E-state index contributed by atoms with van der Waals surface area (Å²) in [6.07, 6.45) is 0. The highest BCUT2D eigenvalue weighted by molar-refractivity contribution is 6.31. The molecule has 2 heterocycles. The normalized spacial score (nSPS) is 17.8. The standard InChI is InChI=1S/C27H24ClN3O2/c1-27(26(33)29-16-19-9-3-2-4-10-19)18-30-23-14-8-6-11-20(23)15-24(30)25(32)31(27)17-21-12-5-7-13-22(21)28/h2-15H,16-18H2,1H3,(H,29,33)/t27-/m0/s1. The van der Waals surface area contributed by atoms with Crippen LogP contribution in [0.4, 0.5) is 0 Å². The molecule has 0 saturated carbocycles. The van der Waals surface area contributed by atoms with E-state index in [1.165, 1.54) is 0 Å². The first-order chi connectivity index (χ1) is 16.0. The van der Waals surface area contributed by atoms with Crippen molar-refractivity contribution in [2.75, 3.05) is 0 Å². The maximum Gasteiger partial charge on any atom is 0.271 e. The van der Waals surface area contributed by atoms with Gasteiger partial charge in [-0.15, -0.1) is 0 Å². The van der Waals surface area contributed by atoms with Crippen LogP contribution in [0.2, 0.25) is 5.02 Å². The van der Waals surface area contributed by atoms with E-state index < -0.39 is 5.54 Å². The minimum absolute atomic E-state index is 0.185. The highest BCUT2D eigenvalue weighted by atomic mass is 35.5. The molecule has 2 amide bonds. The molecule has 4 aromatic rings. The van der Waals surface area contributed by atoms with E-state index in [2.05, 4.69) is 5.32 Å². The zero-order chi connectivity index (χ0) is 23.0. The molecule has 166 valence electrons. The van der Waals surface area contributed by atoms with Crippen molar-refractivity contribution < 1.29 is 9.59 Å². The van der Waals surface area contributed by atoms with E-state index in [4.69, 9.17) is 11.6 Å². The molecule has 1 aromatic heterocycles. The van der Waals surface area contributed by atoms with Crippen LogP contribution in [0.3, 0.4) is 0 Å². The molecule has 6 heteroatoms. The molecule has 1 N–H and O–H groups in total. The van der Waals surface area contributed by atoms with Gasteiger partial charge in [0.05, 0.1) is 6.54 Å². The van der Waals surface area contributed by atoms with Gasteiger partial charge in [-0.25, -0.2) is 0 Å².